The van der Waals surface area contributed by atoms with E-state index in [2.05, 4.69) is 4.98 Å². The maximum Gasteiger partial charge on any atom is 0.316 e. The molecule has 0 saturated carbocycles. The standard InChI is InChI=1S/C19H20N2O3S2/c1-19(2,3)24-15(22)11-25-18-20-13-10-14(12-8-6-5-7-9-12)26-16(13)17(23)21(18)4/h5-10H,11H2,1-4H3. The van der Waals surface area contributed by atoms with Crippen molar-refractivity contribution < 1.29 is 9.53 Å². The number of carbonyl (C=O) groups excluding carboxylic acids is 1. The van der Waals surface area contributed by atoms with Gasteiger partial charge < -0.3 is 4.74 Å². The fourth-order valence-corrected chi connectivity index (χ4v) is 4.23. The number of hydrogen-bond acceptors (Lipinski definition) is 6. The molecule has 2 aromatic heterocycles. The van der Waals surface area contributed by atoms with Gasteiger partial charge in [0.25, 0.3) is 5.56 Å². The van der Waals surface area contributed by atoms with Crippen LogP contribution in [0.15, 0.2) is 46.3 Å². The van der Waals surface area contributed by atoms with Gasteiger partial charge in [-0.05, 0) is 32.4 Å². The summed E-state index contributed by atoms with van der Waals surface area (Å²) in [5, 5.41) is 0.505. The van der Waals surface area contributed by atoms with E-state index < -0.39 is 5.60 Å². The zero-order valence-electron chi connectivity index (χ0n) is 15.1. The van der Waals surface area contributed by atoms with Gasteiger partial charge in [0.1, 0.15) is 10.3 Å². The van der Waals surface area contributed by atoms with E-state index in [9.17, 15) is 9.59 Å². The molecule has 0 fully saturated rings. The number of thiophene rings is 1. The van der Waals surface area contributed by atoms with Gasteiger partial charge in [0.2, 0.25) is 0 Å². The van der Waals surface area contributed by atoms with Crippen LogP contribution in [0.3, 0.4) is 0 Å². The van der Waals surface area contributed by atoms with Gasteiger partial charge in [0, 0.05) is 11.9 Å². The van der Waals surface area contributed by atoms with Crippen LogP contribution in [-0.4, -0.2) is 26.9 Å². The summed E-state index contributed by atoms with van der Waals surface area (Å²) in [4.78, 5) is 30.2. The third-order valence-electron chi connectivity index (χ3n) is 3.51. The Kier molecular flexibility index (Phi) is 5.20. The minimum atomic E-state index is -0.529. The van der Waals surface area contributed by atoms with E-state index >= 15 is 0 Å². The number of nitrogens with zero attached hydrogens (tertiary/aromatic N) is 2. The quantitative estimate of drug-likeness (QED) is 0.383. The first-order valence-electron chi connectivity index (χ1n) is 8.15. The second-order valence-corrected chi connectivity index (χ2v) is 8.82. The molecule has 0 aliphatic rings. The van der Waals surface area contributed by atoms with Gasteiger partial charge in [-0.1, -0.05) is 42.1 Å². The second-order valence-electron chi connectivity index (χ2n) is 6.82. The summed E-state index contributed by atoms with van der Waals surface area (Å²) in [6, 6.07) is 11.8. The molecule has 1 aromatic carbocycles. The number of fused-ring (bicyclic) bond motifs is 1. The molecule has 3 rings (SSSR count). The first kappa shape index (κ1) is 18.7. The molecule has 0 saturated heterocycles. The van der Waals surface area contributed by atoms with E-state index in [1.54, 1.807) is 7.05 Å². The molecule has 26 heavy (non-hydrogen) atoms. The second kappa shape index (κ2) is 7.25. The van der Waals surface area contributed by atoms with Crippen LogP contribution in [-0.2, 0) is 16.6 Å². The Morgan fingerprint density at radius 1 is 1.27 bits per heavy atom. The van der Waals surface area contributed by atoms with E-state index in [-0.39, 0.29) is 17.3 Å². The van der Waals surface area contributed by atoms with Crippen molar-refractivity contribution in [1.82, 2.24) is 9.55 Å². The van der Waals surface area contributed by atoms with E-state index in [1.165, 1.54) is 27.7 Å². The van der Waals surface area contributed by atoms with E-state index in [4.69, 9.17) is 4.74 Å². The maximum atomic E-state index is 12.7. The minimum Gasteiger partial charge on any atom is -0.459 e. The van der Waals surface area contributed by atoms with Gasteiger partial charge in [0.15, 0.2) is 5.16 Å². The summed E-state index contributed by atoms with van der Waals surface area (Å²) in [7, 11) is 1.67. The molecule has 0 aliphatic heterocycles. The lowest BCUT2D eigenvalue weighted by atomic mass is 10.2. The third-order valence-corrected chi connectivity index (χ3v) is 5.68. The maximum absolute atomic E-state index is 12.7. The molecule has 0 aliphatic carbocycles. The molecular weight excluding hydrogens is 368 g/mol. The molecule has 3 aromatic rings. The zero-order chi connectivity index (χ0) is 18.9. The number of esters is 1. The van der Waals surface area contributed by atoms with Crippen LogP contribution in [0.1, 0.15) is 20.8 Å². The molecule has 0 spiro atoms. The van der Waals surface area contributed by atoms with E-state index in [1.807, 2.05) is 57.2 Å². The Hall–Kier alpha value is -2.12. The van der Waals surface area contributed by atoms with Crippen LogP contribution in [0.4, 0.5) is 0 Å². The summed E-state index contributed by atoms with van der Waals surface area (Å²) in [6.07, 6.45) is 0. The van der Waals surface area contributed by atoms with Crippen molar-refractivity contribution in [2.45, 2.75) is 31.5 Å². The Morgan fingerprint density at radius 3 is 2.62 bits per heavy atom. The average molecular weight is 389 g/mol. The summed E-state index contributed by atoms with van der Waals surface area (Å²) < 4.78 is 7.41. The number of carbonyl (C=O) groups is 1. The van der Waals surface area contributed by atoms with Gasteiger partial charge in [-0.25, -0.2) is 4.98 Å². The molecule has 2 heterocycles. The zero-order valence-corrected chi connectivity index (χ0v) is 16.7. The molecule has 0 atom stereocenters. The van der Waals surface area contributed by atoms with Crippen molar-refractivity contribution in [2.24, 2.45) is 7.05 Å². The molecule has 0 unspecified atom stereocenters. The summed E-state index contributed by atoms with van der Waals surface area (Å²) >= 11 is 2.65. The Bertz CT molecular complexity index is 1000. The fourth-order valence-electron chi connectivity index (χ4n) is 2.40. The summed E-state index contributed by atoms with van der Waals surface area (Å²) in [6.45, 7) is 5.48. The topological polar surface area (TPSA) is 61.2 Å². The van der Waals surface area contributed by atoms with Gasteiger partial charge >= 0.3 is 5.97 Å². The lowest BCUT2D eigenvalue weighted by molar-refractivity contribution is -0.151. The molecule has 136 valence electrons. The van der Waals surface area contributed by atoms with E-state index in [0.29, 0.717) is 15.4 Å². The number of rotatable bonds is 4. The monoisotopic (exact) mass is 388 g/mol. The summed E-state index contributed by atoms with van der Waals surface area (Å²) in [5.74, 6) is -0.217. The molecule has 0 N–H and O–H groups in total. The normalized spacial score (nSPS) is 11.7. The molecule has 5 nitrogen and oxygen atoms in total. The van der Waals surface area contributed by atoms with Crippen molar-refractivity contribution in [1.29, 1.82) is 0 Å². The van der Waals surface area contributed by atoms with Crippen LogP contribution in [0, 0.1) is 0 Å². The van der Waals surface area contributed by atoms with Crippen molar-refractivity contribution in [3.8, 4) is 10.4 Å². The first-order valence-corrected chi connectivity index (χ1v) is 9.95. The van der Waals surface area contributed by atoms with Crippen LogP contribution in [0.2, 0.25) is 0 Å². The molecule has 0 bridgehead atoms. The Morgan fingerprint density at radius 2 is 1.96 bits per heavy atom. The average Bonchev–Trinajstić information content (AvgIpc) is 3.00. The van der Waals surface area contributed by atoms with Gasteiger partial charge in [-0.3, -0.25) is 14.2 Å². The number of ether oxygens (including phenoxy) is 1. The first-order chi connectivity index (χ1) is 12.2. The largest absolute Gasteiger partial charge is 0.459 e. The van der Waals surface area contributed by atoms with Gasteiger partial charge in [0.05, 0.1) is 11.3 Å². The Labute approximate surface area is 160 Å². The van der Waals surface area contributed by atoms with Crippen molar-refractivity contribution in [3.63, 3.8) is 0 Å². The highest BCUT2D eigenvalue weighted by Crippen LogP contribution is 2.31. The SMILES string of the molecule is Cn1c(SCC(=O)OC(C)(C)C)nc2cc(-c3ccccc3)sc2c1=O. The van der Waals surface area contributed by atoms with Crippen molar-refractivity contribution >= 4 is 39.3 Å². The number of aromatic nitrogens is 2. The lowest BCUT2D eigenvalue weighted by Crippen LogP contribution is -2.25. The molecular formula is C19H20N2O3S2. The Balaban J connectivity index is 1.89. The van der Waals surface area contributed by atoms with Crippen LogP contribution in [0.25, 0.3) is 20.7 Å². The lowest BCUT2D eigenvalue weighted by Gasteiger charge is -2.19. The van der Waals surface area contributed by atoms with Crippen LogP contribution < -0.4 is 5.56 Å². The van der Waals surface area contributed by atoms with Gasteiger partial charge in [-0.2, -0.15) is 0 Å². The third kappa shape index (κ3) is 4.16. The molecule has 0 radical (unpaired) electrons. The van der Waals surface area contributed by atoms with Crippen LogP contribution >= 0.6 is 23.1 Å². The van der Waals surface area contributed by atoms with Crippen molar-refractivity contribution in [2.75, 3.05) is 5.75 Å². The molecule has 7 heteroatoms. The predicted molar refractivity (Wildman–Crippen MR) is 107 cm³/mol. The summed E-state index contributed by atoms with van der Waals surface area (Å²) in [5.41, 5.74) is 1.08. The minimum absolute atomic E-state index is 0.103. The highest BCUT2D eigenvalue weighted by atomic mass is 32.2. The highest BCUT2D eigenvalue weighted by Gasteiger charge is 2.18. The predicted octanol–water partition coefficient (Wildman–Crippen LogP) is 4.10. The van der Waals surface area contributed by atoms with Gasteiger partial charge in [-0.15, -0.1) is 11.3 Å². The fraction of sp³-hybridized carbons (Fsp3) is 0.316. The number of benzene rings is 1. The van der Waals surface area contributed by atoms with Crippen molar-refractivity contribution in [3.05, 3.63) is 46.8 Å². The number of thioether (sulfide) groups is 1. The molecule has 0 amide bonds. The highest BCUT2D eigenvalue weighted by molar-refractivity contribution is 7.99. The smallest absolute Gasteiger partial charge is 0.316 e. The van der Waals surface area contributed by atoms with Crippen LogP contribution in [0.5, 0.6) is 0 Å². The number of hydrogen-bond donors (Lipinski definition) is 0. The van der Waals surface area contributed by atoms with E-state index in [0.717, 1.165) is 10.4 Å².